The molecule has 0 fully saturated rings. The number of methoxy groups -OCH3 is 4. The average Bonchev–Trinajstić information content (AvgIpc) is 3.62. The minimum absolute atomic E-state index is 0.0473. The highest BCUT2D eigenvalue weighted by atomic mass is 32.2. The number of halogens is 5. The fraction of sp³-hybridized carbons (Fsp3) is 0.273. The Morgan fingerprint density at radius 3 is 1.53 bits per heavy atom. The maximum atomic E-state index is 17.9. The third-order valence-electron chi connectivity index (χ3n) is 13.0. The van der Waals surface area contributed by atoms with Crippen molar-refractivity contribution in [2.45, 2.75) is 57.4 Å². The summed E-state index contributed by atoms with van der Waals surface area (Å²) < 4.78 is 136. The van der Waals surface area contributed by atoms with Crippen molar-refractivity contribution >= 4 is 38.2 Å². The zero-order chi connectivity index (χ0) is 54.8. The van der Waals surface area contributed by atoms with Crippen LogP contribution in [0.5, 0.6) is 28.9 Å². The minimum Gasteiger partial charge on any atom is -0.497 e. The zero-order valence-electron chi connectivity index (χ0n) is 42.9. The third kappa shape index (κ3) is 11.3. The second-order valence-electron chi connectivity index (χ2n) is 18.1. The molecule has 16 nitrogen and oxygen atoms in total. The van der Waals surface area contributed by atoms with Gasteiger partial charge in [0.15, 0.2) is 23.3 Å². The monoisotopic (exact) mass is 1080 g/mol. The van der Waals surface area contributed by atoms with Gasteiger partial charge in [-0.1, -0.05) is 48.5 Å². The molecule has 4 aromatic carbocycles. The van der Waals surface area contributed by atoms with Crippen molar-refractivity contribution in [3.05, 3.63) is 160 Å². The van der Waals surface area contributed by atoms with Crippen molar-refractivity contribution in [1.82, 2.24) is 29.9 Å². The van der Waals surface area contributed by atoms with Gasteiger partial charge in [0.1, 0.15) is 63.4 Å². The molecule has 5 heterocycles. The van der Waals surface area contributed by atoms with Gasteiger partial charge < -0.3 is 38.4 Å². The fourth-order valence-electron chi connectivity index (χ4n) is 9.10. The van der Waals surface area contributed by atoms with Crippen LogP contribution in [-0.4, -0.2) is 86.2 Å². The van der Waals surface area contributed by atoms with E-state index in [1.54, 1.807) is 74.6 Å². The lowest BCUT2D eigenvalue weighted by atomic mass is 10.0. The molecule has 4 aromatic heterocycles. The number of sulfone groups is 1. The van der Waals surface area contributed by atoms with Gasteiger partial charge in [0.25, 0.3) is 0 Å². The number of aromatic nitrogens is 6. The van der Waals surface area contributed by atoms with E-state index in [9.17, 15) is 8.42 Å². The summed E-state index contributed by atoms with van der Waals surface area (Å²) in [6, 6.07) is 27.8. The van der Waals surface area contributed by atoms with E-state index >= 15 is 22.0 Å². The number of alkyl halides is 3. The SMILES string of the molecule is COc1ccc(CN(Cc2ccc(OC)cc2)c2nccnc2[C@@H](C)N2CCOc3nc(-c4nc(N(Cc5ccc(OC)cc5)Cc5ccc(OC)cc5)c(F)c(C)c4C(F)(F)F)c(F)c4nc(S(C)(=O)=O)nc2c34)cc1. The fourth-order valence-corrected chi connectivity index (χ4v) is 9.61. The molecule has 400 valence electrons. The summed E-state index contributed by atoms with van der Waals surface area (Å²) in [5, 5.41) is -1.08. The first kappa shape index (κ1) is 53.4. The van der Waals surface area contributed by atoms with Crippen molar-refractivity contribution in [1.29, 1.82) is 0 Å². The molecule has 0 saturated carbocycles. The highest BCUT2D eigenvalue weighted by molar-refractivity contribution is 7.90. The summed E-state index contributed by atoms with van der Waals surface area (Å²) in [4.78, 5) is 32.0. The molecule has 0 saturated heterocycles. The van der Waals surface area contributed by atoms with E-state index in [0.29, 0.717) is 58.7 Å². The molecule has 0 aliphatic carbocycles. The third-order valence-corrected chi connectivity index (χ3v) is 13.9. The Hall–Kier alpha value is -8.40. The van der Waals surface area contributed by atoms with E-state index in [1.165, 1.54) is 31.5 Å². The van der Waals surface area contributed by atoms with Gasteiger partial charge in [-0.2, -0.15) is 13.2 Å². The smallest absolute Gasteiger partial charge is 0.418 e. The van der Waals surface area contributed by atoms with Crippen LogP contribution in [0.2, 0.25) is 0 Å². The Morgan fingerprint density at radius 1 is 0.636 bits per heavy atom. The predicted octanol–water partition coefficient (Wildman–Crippen LogP) is 10.3. The Bertz CT molecular complexity index is 3450. The molecular weight excluding hydrogens is 1030 g/mol. The molecular formula is C55H52F5N9O7S. The lowest BCUT2D eigenvalue weighted by Gasteiger charge is -2.32. The van der Waals surface area contributed by atoms with Gasteiger partial charge >= 0.3 is 6.18 Å². The van der Waals surface area contributed by atoms with E-state index < -0.39 is 78.6 Å². The molecule has 8 aromatic rings. The summed E-state index contributed by atoms with van der Waals surface area (Å²) in [5.74, 6) is -1.12. The summed E-state index contributed by atoms with van der Waals surface area (Å²) in [5.41, 5.74) is -1.93. The molecule has 0 unspecified atom stereocenters. The maximum absolute atomic E-state index is 17.9. The predicted molar refractivity (Wildman–Crippen MR) is 278 cm³/mol. The molecule has 1 atom stereocenters. The molecule has 0 spiro atoms. The normalized spacial score (nSPS) is 12.9. The lowest BCUT2D eigenvalue weighted by Crippen LogP contribution is -2.34. The number of hydrogen-bond donors (Lipinski definition) is 0. The number of nitrogens with zero attached hydrogens (tertiary/aromatic N) is 9. The summed E-state index contributed by atoms with van der Waals surface area (Å²) in [7, 11) is 1.77. The number of pyridine rings is 2. The number of anilines is 3. The first-order valence-electron chi connectivity index (χ1n) is 24.0. The van der Waals surface area contributed by atoms with E-state index in [2.05, 4.69) is 19.9 Å². The standard InChI is InChI=1S/C55H52F5N9O7S/c1-32-43(55(58,59)60)48(63-51(44(32)56)67(28-34-8-16-38(72-3)17-9-34)29-35-10-18-39(73-4)19-11-35)49-45(57)47-42-50(66-54(65-47)77(7,70)71)69(26-27-76-53(42)64-49)33(2)46-52(62-25-24-61-46)68(30-36-12-20-40(74-5)21-13-36)31-37-14-22-41(75-6)23-15-37/h8-25,33H,26-31H2,1-7H3/t33-/m1/s1. The van der Waals surface area contributed by atoms with Crippen LogP contribution in [-0.2, 0) is 42.2 Å². The van der Waals surface area contributed by atoms with E-state index in [1.807, 2.05) is 53.4 Å². The molecule has 1 aliphatic heterocycles. The van der Waals surface area contributed by atoms with Crippen LogP contribution in [0.25, 0.3) is 22.3 Å². The van der Waals surface area contributed by atoms with Crippen LogP contribution in [0.15, 0.2) is 115 Å². The van der Waals surface area contributed by atoms with Crippen LogP contribution >= 0.6 is 0 Å². The van der Waals surface area contributed by atoms with E-state index in [-0.39, 0.29) is 37.4 Å². The molecule has 0 radical (unpaired) electrons. The second kappa shape index (κ2) is 22.1. The van der Waals surface area contributed by atoms with Crippen molar-refractivity contribution < 1.29 is 54.1 Å². The molecule has 0 N–H and O–H groups in total. The van der Waals surface area contributed by atoms with Crippen molar-refractivity contribution in [2.24, 2.45) is 0 Å². The lowest BCUT2D eigenvalue weighted by molar-refractivity contribution is -0.138. The molecule has 9 rings (SSSR count). The topological polar surface area (TPSA) is 167 Å². The van der Waals surface area contributed by atoms with Gasteiger partial charge in [-0.15, -0.1) is 0 Å². The Labute approximate surface area is 441 Å². The van der Waals surface area contributed by atoms with Crippen LogP contribution < -0.4 is 38.4 Å². The Kier molecular flexibility index (Phi) is 15.3. The zero-order valence-corrected chi connectivity index (χ0v) is 43.7. The molecule has 77 heavy (non-hydrogen) atoms. The van der Waals surface area contributed by atoms with Gasteiger partial charge in [0, 0.05) is 50.4 Å². The molecule has 0 amide bonds. The van der Waals surface area contributed by atoms with Crippen LogP contribution in [0.4, 0.5) is 39.4 Å². The van der Waals surface area contributed by atoms with Crippen molar-refractivity contribution in [3.63, 3.8) is 0 Å². The van der Waals surface area contributed by atoms with Crippen LogP contribution in [0.1, 0.15) is 52.0 Å². The Morgan fingerprint density at radius 2 is 1.09 bits per heavy atom. The van der Waals surface area contributed by atoms with Crippen LogP contribution in [0.3, 0.4) is 0 Å². The molecule has 22 heteroatoms. The first-order valence-corrected chi connectivity index (χ1v) is 25.9. The van der Waals surface area contributed by atoms with Crippen molar-refractivity contribution in [3.8, 4) is 40.3 Å². The summed E-state index contributed by atoms with van der Waals surface area (Å²) >= 11 is 0. The second-order valence-corrected chi connectivity index (χ2v) is 20.0. The van der Waals surface area contributed by atoms with Gasteiger partial charge in [0.05, 0.1) is 46.6 Å². The Balaban J connectivity index is 1.20. The average molecular weight is 1080 g/mol. The molecule has 0 bridgehead atoms. The van der Waals surface area contributed by atoms with Crippen molar-refractivity contribution in [2.75, 3.05) is 62.5 Å². The minimum atomic E-state index is -5.31. The van der Waals surface area contributed by atoms with E-state index in [0.717, 1.165) is 24.3 Å². The maximum Gasteiger partial charge on any atom is 0.418 e. The van der Waals surface area contributed by atoms with E-state index in [4.69, 9.17) is 33.7 Å². The number of rotatable bonds is 18. The van der Waals surface area contributed by atoms with Gasteiger partial charge in [-0.3, -0.25) is 4.98 Å². The molecule has 1 aliphatic rings. The summed E-state index contributed by atoms with van der Waals surface area (Å²) in [6.07, 6.45) is -1.46. The summed E-state index contributed by atoms with van der Waals surface area (Å²) in [6.45, 7) is 2.95. The quantitative estimate of drug-likeness (QED) is 0.0587. The van der Waals surface area contributed by atoms with Gasteiger partial charge in [-0.05, 0) is 84.6 Å². The number of hydrogen-bond acceptors (Lipinski definition) is 16. The highest BCUT2D eigenvalue weighted by Gasteiger charge is 2.42. The largest absolute Gasteiger partial charge is 0.497 e. The van der Waals surface area contributed by atoms with Crippen LogP contribution in [0, 0.1) is 18.6 Å². The number of benzene rings is 4. The first-order chi connectivity index (χ1) is 36.9. The van der Waals surface area contributed by atoms with Gasteiger partial charge in [0.2, 0.25) is 20.9 Å². The van der Waals surface area contributed by atoms with Gasteiger partial charge in [-0.25, -0.2) is 42.1 Å². The number of ether oxygens (including phenoxy) is 5. The highest BCUT2D eigenvalue weighted by Crippen LogP contribution is 2.46.